The number of likely N-dealkylation sites (tertiary alicyclic amines) is 1. The highest BCUT2D eigenvalue weighted by molar-refractivity contribution is 5.78. The summed E-state index contributed by atoms with van der Waals surface area (Å²) in [6.07, 6.45) is 4.62. The molecule has 4 nitrogen and oxygen atoms in total. The van der Waals surface area contributed by atoms with Crippen LogP contribution in [0.3, 0.4) is 0 Å². The molecule has 1 aliphatic heterocycles. The van der Waals surface area contributed by atoms with E-state index in [0.29, 0.717) is 25.0 Å². The quantitative estimate of drug-likeness (QED) is 0.778. The molecule has 0 bridgehead atoms. The maximum atomic E-state index is 12.5. The summed E-state index contributed by atoms with van der Waals surface area (Å²) in [5, 5.41) is 0. The zero-order valence-corrected chi connectivity index (χ0v) is 13.8. The van der Waals surface area contributed by atoms with E-state index < -0.39 is 0 Å². The van der Waals surface area contributed by atoms with Gasteiger partial charge in [0.15, 0.2) is 0 Å². The lowest BCUT2D eigenvalue weighted by molar-refractivity contribution is -0.136. The van der Waals surface area contributed by atoms with Gasteiger partial charge in [0, 0.05) is 19.1 Å². The molecule has 1 saturated heterocycles. The van der Waals surface area contributed by atoms with Gasteiger partial charge in [-0.3, -0.25) is 9.69 Å². The van der Waals surface area contributed by atoms with Crippen molar-refractivity contribution in [3.8, 4) is 0 Å². The summed E-state index contributed by atoms with van der Waals surface area (Å²) in [7, 11) is 0. The Labute approximate surface area is 124 Å². The summed E-state index contributed by atoms with van der Waals surface area (Å²) in [5.41, 5.74) is 5.90. The number of nitrogens with zero attached hydrogens (tertiary/aromatic N) is 2. The Balaban J connectivity index is 2.57. The first-order valence-electron chi connectivity index (χ1n) is 8.11. The van der Waals surface area contributed by atoms with Crippen LogP contribution in [-0.4, -0.2) is 54.5 Å². The molecule has 4 heteroatoms. The van der Waals surface area contributed by atoms with E-state index in [9.17, 15) is 4.79 Å². The highest BCUT2D eigenvalue weighted by atomic mass is 16.2. The van der Waals surface area contributed by atoms with Crippen LogP contribution in [-0.2, 0) is 4.79 Å². The summed E-state index contributed by atoms with van der Waals surface area (Å²) in [6.45, 7) is 12.7. The maximum Gasteiger partial charge on any atom is 0.236 e. The predicted molar refractivity (Wildman–Crippen MR) is 84.6 cm³/mol. The van der Waals surface area contributed by atoms with Gasteiger partial charge in [-0.1, -0.05) is 20.8 Å². The van der Waals surface area contributed by atoms with Crippen molar-refractivity contribution in [1.29, 1.82) is 0 Å². The summed E-state index contributed by atoms with van der Waals surface area (Å²) in [4.78, 5) is 16.9. The van der Waals surface area contributed by atoms with Crippen molar-refractivity contribution in [3.63, 3.8) is 0 Å². The van der Waals surface area contributed by atoms with E-state index in [2.05, 4.69) is 37.5 Å². The molecular weight excluding hydrogens is 250 g/mol. The first-order valence-corrected chi connectivity index (χ1v) is 8.11. The first kappa shape index (κ1) is 17.4. The molecule has 0 aliphatic carbocycles. The van der Waals surface area contributed by atoms with Crippen LogP contribution in [0.25, 0.3) is 0 Å². The molecule has 0 aromatic carbocycles. The van der Waals surface area contributed by atoms with E-state index in [-0.39, 0.29) is 5.41 Å². The lowest BCUT2D eigenvalue weighted by atomic mass is 9.93. The van der Waals surface area contributed by atoms with Gasteiger partial charge in [-0.25, -0.2) is 0 Å². The van der Waals surface area contributed by atoms with Crippen LogP contribution in [0.5, 0.6) is 0 Å². The molecule has 2 N–H and O–H groups in total. The summed E-state index contributed by atoms with van der Waals surface area (Å²) in [5.74, 6) is 0.290. The fourth-order valence-corrected chi connectivity index (χ4v) is 2.95. The molecule has 20 heavy (non-hydrogen) atoms. The van der Waals surface area contributed by atoms with E-state index in [1.807, 2.05) is 0 Å². The molecule has 1 fully saturated rings. The Morgan fingerprint density at radius 1 is 1.40 bits per heavy atom. The third kappa shape index (κ3) is 5.41. The molecule has 1 amide bonds. The number of hydrogen-bond donors (Lipinski definition) is 1. The number of piperidine rings is 1. The third-order valence-corrected chi connectivity index (χ3v) is 4.23. The Hall–Kier alpha value is -0.610. The van der Waals surface area contributed by atoms with Gasteiger partial charge in [-0.15, -0.1) is 0 Å². The van der Waals surface area contributed by atoms with Gasteiger partial charge in [0.25, 0.3) is 0 Å². The number of amides is 1. The second-order valence-corrected chi connectivity index (χ2v) is 7.01. The molecule has 0 spiro atoms. The number of carbonyl (C=O) groups is 1. The van der Waals surface area contributed by atoms with Crippen LogP contribution in [0.4, 0.5) is 0 Å². The maximum absolute atomic E-state index is 12.5. The van der Waals surface area contributed by atoms with Crippen LogP contribution in [0, 0.1) is 5.41 Å². The highest BCUT2D eigenvalue weighted by Gasteiger charge is 2.26. The third-order valence-electron chi connectivity index (χ3n) is 4.23. The topological polar surface area (TPSA) is 49.6 Å². The van der Waals surface area contributed by atoms with Crippen LogP contribution < -0.4 is 5.73 Å². The van der Waals surface area contributed by atoms with Crippen LogP contribution in [0.2, 0.25) is 0 Å². The van der Waals surface area contributed by atoms with E-state index in [4.69, 9.17) is 5.73 Å². The number of nitrogens with two attached hydrogens (primary N) is 1. The molecule has 0 aromatic rings. The summed E-state index contributed by atoms with van der Waals surface area (Å²) >= 11 is 0. The highest BCUT2D eigenvalue weighted by Crippen LogP contribution is 2.18. The van der Waals surface area contributed by atoms with Crippen molar-refractivity contribution in [2.45, 2.75) is 59.4 Å². The molecule has 118 valence electrons. The van der Waals surface area contributed by atoms with Crippen molar-refractivity contribution in [2.75, 3.05) is 32.7 Å². The largest absolute Gasteiger partial charge is 0.339 e. The Morgan fingerprint density at radius 2 is 2.10 bits per heavy atom. The molecule has 1 atom stereocenters. The molecule has 1 rings (SSSR count). The fourth-order valence-electron chi connectivity index (χ4n) is 2.95. The van der Waals surface area contributed by atoms with Crippen molar-refractivity contribution in [1.82, 2.24) is 9.80 Å². The van der Waals surface area contributed by atoms with Gasteiger partial charge in [0.2, 0.25) is 5.91 Å². The fraction of sp³-hybridized carbons (Fsp3) is 0.938. The van der Waals surface area contributed by atoms with Gasteiger partial charge >= 0.3 is 0 Å². The van der Waals surface area contributed by atoms with Gasteiger partial charge in [-0.2, -0.15) is 0 Å². The standard InChI is InChI=1S/C16H33N3O/c1-5-9-18(13-16(3,4)12-17)11-15(20)19-10-7-6-8-14(19)2/h14H,5-13,17H2,1-4H3. The molecule has 1 heterocycles. The lowest BCUT2D eigenvalue weighted by Crippen LogP contribution is -2.49. The van der Waals surface area contributed by atoms with Gasteiger partial charge in [0.05, 0.1) is 6.54 Å². The minimum Gasteiger partial charge on any atom is -0.339 e. The van der Waals surface area contributed by atoms with Crippen molar-refractivity contribution in [3.05, 3.63) is 0 Å². The van der Waals surface area contributed by atoms with Crippen LogP contribution in [0.1, 0.15) is 53.4 Å². The number of hydrogen-bond acceptors (Lipinski definition) is 3. The van der Waals surface area contributed by atoms with Crippen LogP contribution in [0.15, 0.2) is 0 Å². The molecule has 0 radical (unpaired) electrons. The molecule has 0 aromatic heterocycles. The zero-order valence-electron chi connectivity index (χ0n) is 13.8. The summed E-state index contributed by atoms with van der Waals surface area (Å²) in [6, 6.07) is 0.405. The van der Waals surface area contributed by atoms with Crippen molar-refractivity contribution >= 4 is 5.91 Å². The van der Waals surface area contributed by atoms with E-state index in [1.165, 1.54) is 6.42 Å². The van der Waals surface area contributed by atoms with Gasteiger partial charge in [0.1, 0.15) is 0 Å². The zero-order chi connectivity index (χ0) is 15.2. The van der Waals surface area contributed by atoms with E-state index >= 15 is 0 Å². The van der Waals surface area contributed by atoms with E-state index in [0.717, 1.165) is 38.9 Å². The molecule has 1 unspecified atom stereocenters. The minimum absolute atomic E-state index is 0.0724. The van der Waals surface area contributed by atoms with E-state index in [1.54, 1.807) is 0 Å². The van der Waals surface area contributed by atoms with Gasteiger partial charge in [-0.05, 0) is 51.1 Å². The predicted octanol–water partition coefficient (Wildman–Crippen LogP) is 2.08. The second kappa shape index (κ2) is 7.99. The lowest BCUT2D eigenvalue weighted by Gasteiger charge is -2.37. The second-order valence-electron chi connectivity index (χ2n) is 7.01. The Kier molecular flexibility index (Phi) is 6.96. The normalized spacial score (nSPS) is 20.5. The van der Waals surface area contributed by atoms with Crippen LogP contribution >= 0.6 is 0 Å². The average molecular weight is 283 g/mol. The van der Waals surface area contributed by atoms with Crippen molar-refractivity contribution in [2.24, 2.45) is 11.1 Å². The Morgan fingerprint density at radius 3 is 2.65 bits per heavy atom. The SMILES string of the molecule is CCCN(CC(=O)N1CCCCC1C)CC(C)(C)CN. The molecule has 0 saturated carbocycles. The van der Waals surface area contributed by atoms with Gasteiger partial charge < -0.3 is 10.6 Å². The Bertz CT molecular complexity index is 304. The number of rotatable bonds is 7. The summed E-state index contributed by atoms with van der Waals surface area (Å²) < 4.78 is 0. The monoisotopic (exact) mass is 283 g/mol. The molecule has 1 aliphatic rings. The number of carbonyl (C=O) groups excluding carboxylic acids is 1. The average Bonchev–Trinajstić information content (AvgIpc) is 2.39. The smallest absolute Gasteiger partial charge is 0.236 e. The molecular formula is C16H33N3O. The minimum atomic E-state index is 0.0724. The van der Waals surface area contributed by atoms with Crippen molar-refractivity contribution < 1.29 is 4.79 Å². The first-order chi connectivity index (χ1) is 9.39.